The van der Waals surface area contributed by atoms with E-state index in [9.17, 15) is 19.2 Å². The zero-order valence-electron chi connectivity index (χ0n) is 77.0. The van der Waals surface area contributed by atoms with Gasteiger partial charge in [-0.2, -0.15) is 0 Å². The first-order valence-corrected chi connectivity index (χ1v) is 43.2. The molecule has 0 unspecified atom stereocenters. The molecule has 0 saturated carbocycles. The molecule has 0 atom stereocenters. The summed E-state index contributed by atoms with van der Waals surface area (Å²) in [5, 5.41) is 54.8. The van der Waals surface area contributed by atoms with Crippen LogP contribution in [0.3, 0.4) is 0 Å². The third kappa shape index (κ3) is 25.5. The van der Waals surface area contributed by atoms with E-state index in [4.69, 9.17) is 82.6 Å². The molecular formula is C94H111ClN26O13. The minimum Gasteiger partial charge on any atom is -0.490 e. The smallest absolute Gasteiger partial charge is 0.260 e. The Morgan fingerprint density at radius 2 is 0.806 bits per heavy atom. The molecule has 11 N–H and O–H groups in total. The number of aromatic nitrogens is 10. The van der Waals surface area contributed by atoms with Gasteiger partial charge in [0.1, 0.15) is 68.5 Å². The fraction of sp³-hybridized carbons (Fsp3) is 0.309. The van der Waals surface area contributed by atoms with Crippen molar-refractivity contribution in [1.82, 2.24) is 83.2 Å². The molecule has 1 aliphatic heterocycles. The Labute approximate surface area is 778 Å². The number of pyridine rings is 5. The monoisotopic (exact) mass is 1850 g/mol. The molecule has 0 spiro atoms. The predicted octanol–water partition coefficient (Wildman–Crippen LogP) is 7.78. The maximum atomic E-state index is 12.5. The Balaban J connectivity index is 0.000000151. The quantitative estimate of drug-likeness (QED) is 0.0152. The van der Waals surface area contributed by atoms with Crippen LogP contribution in [0.2, 0.25) is 0 Å². The van der Waals surface area contributed by atoms with Gasteiger partial charge in [0.05, 0.1) is 97.8 Å². The molecule has 1 fully saturated rings. The molecule has 10 aromatic rings. The zero-order chi connectivity index (χ0) is 95.8. The number of Topliss-reactive ketones (excluding diaryl/α,β-unsaturated/α-hetero) is 1. The van der Waals surface area contributed by atoms with Crippen molar-refractivity contribution in [1.29, 1.82) is 5.41 Å². The first-order chi connectivity index (χ1) is 64.4. The number of ketones is 4. The van der Waals surface area contributed by atoms with E-state index in [0.29, 0.717) is 190 Å². The third-order valence-electron chi connectivity index (χ3n) is 20.1. The third-order valence-corrected chi connectivity index (χ3v) is 20.5. The average molecular weight is 1850 g/mol. The summed E-state index contributed by atoms with van der Waals surface area (Å²) in [5.74, 6) is 2.42. The van der Waals surface area contributed by atoms with Gasteiger partial charge < -0.3 is 95.7 Å². The number of nitrogens with zero attached hydrogens (tertiary/aromatic N) is 20. The minimum absolute atomic E-state index is 0.0182. The van der Waals surface area contributed by atoms with Crippen LogP contribution >= 0.6 is 11.6 Å². The molecule has 6 aliphatic rings. The number of allylic oxidation sites excluding steroid dienone is 13. The largest absolute Gasteiger partial charge is 0.490 e. The van der Waals surface area contributed by atoms with E-state index in [1.165, 1.54) is 24.3 Å². The molecule has 5 aliphatic carbocycles. The number of nitrogens with one attached hydrogen (secondary N) is 3. The number of carbonyl (C=O) groups is 4. The second-order valence-electron chi connectivity index (χ2n) is 32.0. The van der Waals surface area contributed by atoms with Crippen LogP contribution < -0.4 is 51.5 Å². The van der Waals surface area contributed by atoms with Crippen LogP contribution in [0.4, 0.5) is 28.4 Å². The second-order valence-corrected chi connectivity index (χ2v) is 32.4. The van der Waals surface area contributed by atoms with Gasteiger partial charge in [-0.1, -0.05) is 41.9 Å². The van der Waals surface area contributed by atoms with Crippen LogP contribution in [0.15, 0.2) is 263 Å². The van der Waals surface area contributed by atoms with Crippen LogP contribution in [0, 0.1) is 5.41 Å². The number of hydrogen-bond donors (Lipinski definition) is 8. The van der Waals surface area contributed by atoms with Crippen molar-refractivity contribution in [2.75, 3.05) is 176 Å². The first kappa shape index (κ1) is 98.2. The van der Waals surface area contributed by atoms with Gasteiger partial charge >= 0.3 is 0 Å². The molecule has 702 valence electrons. The molecule has 0 bridgehead atoms. The van der Waals surface area contributed by atoms with Crippen LogP contribution in [0.5, 0.6) is 29.4 Å². The van der Waals surface area contributed by atoms with Gasteiger partial charge in [-0.3, -0.25) is 24.6 Å². The molecule has 0 aromatic carbocycles. The Morgan fingerprint density at radius 1 is 0.433 bits per heavy atom. The topological polar surface area (TPSA) is 464 Å². The second kappa shape index (κ2) is 46.3. The van der Waals surface area contributed by atoms with Crippen molar-refractivity contribution in [3.8, 4) is 29.4 Å². The summed E-state index contributed by atoms with van der Waals surface area (Å²) in [5.41, 5.74) is 30.8. The van der Waals surface area contributed by atoms with Gasteiger partial charge in [0, 0.05) is 113 Å². The lowest BCUT2D eigenvalue weighted by atomic mass is 10.0. The number of aliphatic hydroxyl groups is 2. The number of likely N-dealkylation sites (N-methyl/N-ethyl adjacent to an activating group) is 5. The fourth-order valence-corrected chi connectivity index (χ4v) is 13.2. The number of halogens is 1. The lowest BCUT2D eigenvalue weighted by Gasteiger charge is -2.23. The predicted molar refractivity (Wildman–Crippen MR) is 517 cm³/mol. The number of morpholine rings is 1. The van der Waals surface area contributed by atoms with Crippen molar-refractivity contribution in [3.63, 3.8) is 0 Å². The highest BCUT2D eigenvalue weighted by atomic mass is 35.5. The average Bonchev–Trinajstić information content (AvgIpc) is 1.63. The van der Waals surface area contributed by atoms with E-state index in [0.717, 1.165) is 60.3 Å². The Kier molecular flexibility index (Phi) is 33.9. The summed E-state index contributed by atoms with van der Waals surface area (Å²) in [6.45, 7) is 12.8. The van der Waals surface area contributed by atoms with Crippen LogP contribution in [-0.4, -0.2) is 316 Å². The molecule has 39 nitrogen and oxygen atoms in total. The van der Waals surface area contributed by atoms with Gasteiger partial charge in [-0.05, 0) is 187 Å². The summed E-state index contributed by atoms with van der Waals surface area (Å²) in [6, 6.07) is 28.4. The highest BCUT2D eigenvalue weighted by molar-refractivity contribution is 6.51. The van der Waals surface area contributed by atoms with Gasteiger partial charge in [0.25, 0.3) is 29.4 Å². The molecule has 16 rings (SSSR count). The molecule has 11 heterocycles. The van der Waals surface area contributed by atoms with Gasteiger partial charge in [0.15, 0.2) is 40.0 Å². The fourth-order valence-electron chi connectivity index (χ4n) is 13.0. The van der Waals surface area contributed by atoms with Crippen molar-refractivity contribution in [2.45, 2.75) is 20.8 Å². The van der Waals surface area contributed by atoms with Crippen molar-refractivity contribution in [2.24, 2.45) is 42.2 Å². The highest BCUT2D eigenvalue weighted by Gasteiger charge is 2.29. The maximum absolute atomic E-state index is 12.5. The number of aliphatic hydroxyl groups excluding tert-OH is 2. The van der Waals surface area contributed by atoms with Crippen molar-refractivity contribution in [3.05, 3.63) is 238 Å². The number of carbonyl (C=O) groups excluding carboxylic acids is 4. The van der Waals surface area contributed by atoms with Crippen LogP contribution in [0.1, 0.15) is 20.8 Å². The molecule has 0 radical (unpaired) electrons. The summed E-state index contributed by atoms with van der Waals surface area (Å²) in [7, 11) is 19.7. The van der Waals surface area contributed by atoms with Gasteiger partial charge in [-0.25, -0.2) is 47.5 Å². The molecule has 40 heteroatoms. The van der Waals surface area contributed by atoms with E-state index in [1.807, 2.05) is 217 Å². The molecule has 0 amide bonds. The Hall–Kier alpha value is -14.8. The summed E-state index contributed by atoms with van der Waals surface area (Å²) < 4.78 is 48.8. The van der Waals surface area contributed by atoms with Crippen molar-refractivity contribution >= 4 is 125 Å². The normalized spacial score (nSPS) is 16.6. The van der Waals surface area contributed by atoms with Gasteiger partial charge in [0.2, 0.25) is 11.6 Å². The molecule has 134 heavy (non-hydrogen) atoms. The Bertz CT molecular complexity index is 6550. The lowest BCUT2D eigenvalue weighted by molar-refractivity contribution is -0.112. The maximum Gasteiger partial charge on any atom is 0.260 e. The summed E-state index contributed by atoms with van der Waals surface area (Å²) >= 11 is 6.05. The van der Waals surface area contributed by atoms with Crippen LogP contribution in [-0.2, 0) is 28.7 Å². The van der Waals surface area contributed by atoms with E-state index >= 15 is 0 Å². The number of rotatable bonds is 31. The van der Waals surface area contributed by atoms with Gasteiger partial charge in [-0.15, -0.1) is 25.5 Å². The molecular weight excluding hydrogens is 1740 g/mol. The minimum atomic E-state index is -0.287. The number of aliphatic imine (C=N–C) groups is 5. The van der Waals surface area contributed by atoms with E-state index in [2.05, 4.69) is 56.1 Å². The first-order valence-electron chi connectivity index (χ1n) is 42.9. The van der Waals surface area contributed by atoms with Crippen molar-refractivity contribution < 1.29 is 62.5 Å². The summed E-state index contributed by atoms with van der Waals surface area (Å²) in [6.07, 6.45) is 23.3. The number of nitrogens with two attached hydrogens (primary N) is 3. The Morgan fingerprint density at radius 3 is 1.21 bits per heavy atom. The van der Waals surface area contributed by atoms with Crippen LogP contribution in [0.25, 0.3) is 27.6 Å². The SMILES string of the molecule is CC1=CC(=Nc2c(OCCN(C)C)nn3ccccc23)C(N)=C(Cl)C1=O.CC1=CC(=Nc2c(OCCN(C)C)nn3ccccc23)C(N)=CC1=O.CC1=CC(=Nc2c(OCCN(C)C)nn3ccccc23)C(NCCO)=CC1=O.CN(C)CCOc1nn2ccccc2c1N=C1C=C(OCCO)C(N)=CC1=N.CN(C)CCOc1nn2ccccc2c1N=C1C=C2OCCNC2=CC1=O. The standard InChI is InChI=1S/C20H25N5O3.C19H24N6O3.C19H21N5O3.C18H20ClN5O2.C18H21N5O2/c1-14-12-16(15(13-18(14)27)21-7-10-26)22-19-17-6-4-5-8-25(17)23-20(19)28-11-9-24(2)3;1-24(2)7-9-28-19-18(16-5-3-4-6-25(16)23-19)22-15-12-17(27-10-8-26)14(21)11-13(15)20;1-23(2)8-10-27-19-18(15-5-3-4-7-24(15)22-19)21-13-12-17-14(11-16(13)25)20-6-9-26-17;1-11-10-12(15(20)14(19)17(11)25)21-16-13-6-4-5-7-24(13)22-18(16)26-9-8-23(2)3;1-12-10-14(13(19)11-16(12)24)20-17-15-6-4-5-7-23(15)21-18(17)25-9-8-22(2)3/h4-6,8,12-13,21,26H,7,9-11H2,1-3H3;3-6,11-12,20,26H,7-10,21H2,1-2H3;3-5,7,11-12,20H,6,8-10H2,1-2H3;4-7,10H,8-9,20H2,1-3H3;4-7,10-11H,8-9,19H2,1-3H3. The number of hydrogen-bond acceptors (Lipinski definition) is 34. The zero-order valence-corrected chi connectivity index (χ0v) is 77.8. The number of fused-ring (bicyclic) bond motifs is 6. The highest BCUT2D eigenvalue weighted by Crippen LogP contribution is 2.39. The molecule has 1 saturated heterocycles. The lowest BCUT2D eigenvalue weighted by Crippen LogP contribution is -2.31. The van der Waals surface area contributed by atoms with E-state index in [1.54, 1.807) is 73.7 Å². The summed E-state index contributed by atoms with van der Waals surface area (Å²) in [4.78, 5) is 81.6. The van der Waals surface area contributed by atoms with E-state index < -0.39 is 0 Å². The number of ether oxygens (including phenoxy) is 7. The molecule has 10 aromatic heterocycles. The van der Waals surface area contributed by atoms with E-state index in [-0.39, 0.29) is 59.4 Å².